The van der Waals surface area contributed by atoms with E-state index in [4.69, 9.17) is 10.8 Å². The van der Waals surface area contributed by atoms with Gasteiger partial charge in [-0.05, 0) is 31.5 Å². The van der Waals surface area contributed by atoms with Crippen LogP contribution in [-0.4, -0.2) is 26.8 Å². The van der Waals surface area contributed by atoms with E-state index in [0.717, 1.165) is 0 Å². The fraction of sp³-hybridized carbons (Fsp3) is 0.333. The molecule has 0 radical (unpaired) electrons. The SMILES string of the molecule is CC(C)n1ccn(-c2ccc(C(CN)C(=O)O)cc2)c1=O. The van der Waals surface area contributed by atoms with Crippen LogP contribution in [0.2, 0.25) is 0 Å². The molecule has 0 bridgehead atoms. The Morgan fingerprint density at radius 2 is 1.86 bits per heavy atom. The van der Waals surface area contributed by atoms with Crippen molar-refractivity contribution in [2.24, 2.45) is 5.73 Å². The molecule has 3 N–H and O–H groups in total. The standard InChI is InChI=1S/C15H19N3O3/c1-10(2)17-7-8-18(15(17)21)12-5-3-11(4-6-12)13(9-16)14(19)20/h3-8,10,13H,9,16H2,1-2H3,(H,19,20). The minimum absolute atomic E-state index is 0.0400. The summed E-state index contributed by atoms with van der Waals surface area (Å²) in [4.78, 5) is 23.3. The number of aromatic nitrogens is 2. The summed E-state index contributed by atoms with van der Waals surface area (Å²) in [5.74, 6) is -1.68. The van der Waals surface area contributed by atoms with E-state index >= 15 is 0 Å². The molecular weight excluding hydrogens is 270 g/mol. The summed E-state index contributed by atoms with van der Waals surface area (Å²) in [5.41, 5.74) is 6.69. The highest BCUT2D eigenvalue weighted by atomic mass is 16.4. The van der Waals surface area contributed by atoms with Crippen molar-refractivity contribution in [3.63, 3.8) is 0 Å². The van der Waals surface area contributed by atoms with Crippen molar-refractivity contribution in [1.29, 1.82) is 0 Å². The third-order valence-electron chi connectivity index (χ3n) is 3.47. The summed E-state index contributed by atoms with van der Waals surface area (Å²) in [7, 11) is 0. The van der Waals surface area contributed by atoms with Gasteiger partial charge in [-0.3, -0.25) is 13.9 Å². The molecule has 6 nitrogen and oxygen atoms in total. The number of nitrogens with two attached hydrogens (primary N) is 1. The Kier molecular flexibility index (Phi) is 4.28. The molecule has 1 atom stereocenters. The fourth-order valence-corrected chi connectivity index (χ4v) is 2.23. The van der Waals surface area contributed by atoms with Crippen LogP contribution in [0.5, 0.6) is 0 Å². The number of carboxylic acids is 1. The van der Waals surface area contributed by atoms with Crippen LogP contribution in [0.3, 0.4) is 0 Å². The molecule has 1 unspecified atom stereocenters. The molecule has 0 fully saturated rings. The van der Waals surface area contributed by atoms with E-state index < -0.39 is 11.9 Å². The molecule has 0 saturated carbocycles. The van der Waals surface area contributed by atoms with E-state index in [9.17, 15) is 9.59 Å². The third-order valence-corrected chi connectivity index (χ3v) is 3.47. The van der Waals surface area contributed by atoms with Gasteiger partial charge in [0.1, 0.15) is 0 Å². The molecule has 1 heterocycles. The van der Waals surface area contributed by atoms with Crippen molar-refractivity contribution in [3.8, 4) is 5.69 Å². The number of benzene rings is 1. The first-order valence-electron chi connectivity index (χ1n) is 6.78. The molecule has 1 aromatic heterocycles. The van der Waals surface area contributed by atoms with E-state index in [-0.39, 0.29) is 18.3 Å². The average molecular weight is 289 g/mol. The van der Waals surface area contributed by atoms with Crippen LogP contribution in [0.1, 0.15) is 31.4 Å². The Bertz CT molecular complexity index is 683. The van der Waals surface area contributed by atoms with Gasteiger partial charge in [0.05, 0.1) is 11.6 Å². The predicted octanol–water partition coefficient (Wildman–Crippen LogP) is 1.35. The number of imidazole rings is 1. The lowest BCUT2D eigenvalue weighted by Gasteiger charge is -2.11. The third kappa shape index (κ3) is 2.90. The van der Waals surface area contributed by atoms with Gasteiger partial charge in [-0.1, -0.05) is 12.1 Å². The molecule has 0 aliphatic heterocycles. The highest BCUT2D eigenvalue weighted by Crippen LogP contribution is 2.17. The van der Waals surface area contributed by atoms with Gasteiger partial charge >= 0.3 is 11.7 Å². The van der Waals surface area contributed by atoms with Gasteiger partial charge in [-0.25, -0.2) is 4.79 Å². The van der Waals surface area contributed by atoms with Crippen LogP contribution in [-0.2, 0) is 4.79 Å². The van der Waals surface area contributed by atoms with Crippen LogP contribution in [0.15, 0.2) is 41.5 Å². The second-order valence-corrected chi connectivity index (χ2v) is 5.17. The van der Waals surface area contributed by atoms with Gasteiger partial charge in [0, 0.05) is 25.0 Å². The normalized spacial score (nSPS) is 12.6. The Hall–Kier alpha value is -2.34. The topological polar surface area (TPSA) is 90.2 Å². The summed E-state index contributed by atoms with van der Waals surface area (Å²) >= 11 is 0. The summed E-state index contributed by atoms with van der Waals surface area (Å²) < 4.78 is 3.16. The second-order valence-electron chi connectivity index (χ2n) is 5.17. The van der Waals surface area contributed by atoms with Crippen molar-refractivity contribution in [2.75, 3.05) is 6.54 Å². The van der Waals surface area contributed by atoms with Gasteiger partial charge in [-0.15, -0.1) is 0 Å². The Morgan fingerprint density at radius 1 is 1.24 bits per heavy atom. The number of aliphatic carboxylic acids is 1. The second kappa shape index (κ2) is 5.97. The highest BCUT2D eigenvalue weighted by Gasteiger charge is 2.17. The summed E-state index contributed by atoms with van der Waals surface area (Å²) in [6, 6.07) is 6.94. The van der Waals surface area contributed by atoms with E-state index in [0.29, 0.717) is 11.3 Å². The molecule has 112 valence electrons. The number of rotatable bonds is 5. The Balaban J connectivity index is 2.35. The predicted molar refractivity (Wildman–Crippen MR) is 79.8 cm³/mol. The molecule has 2 aromatic rings. The van der Waals surface area contributed by atoms with Gasteiger partial charge in [0.15, 0.2) is 0 Å². The first-order chi connectivity index (χ1) is 9.95. The van der Waals surface area contributed by atoms with Crippen molar-refractivity contribution < 1.29 is 9.90 Å². The van der Waals surface area contributed by atoms with Crippen LogP contribution in [0.25, 0.3) is 5.69 Å². The van der Waals surface area contributed by atoms with E-state index in [1.54, 1.807) is 41.2 Å². The molecule has 0 amide bonds. The lowest BCUT2D eigenvalue weighted by atomic mass is 9.99. The number of hydrogen-bond acceptors (Lipinski definition) is 3. The van der Waals surface area contributed by atoms with E-state index in [2.05, 4.69) is 0 Å². The monoisotopic (exact) mass is 289 g/mol. The number of carbonyl (C=O) groups is 1. The minimum Gasteiger partial charge on any atom is -0.481 e. The zero-order valence-corrected chi connectivity index (χ0v) is 12.1. The lowest BCUT2D eigenvalue weighted by Crippen LogP contribution is -2.24. The zero-order valence-electron chi connectivity index (χ0n) is 12.1. The van der Waals surface area contributed by atoms with Gasteiger partial charge in [-0.2, -0.15) is 0 Å². The zero-order chi connectivity index (χ0) is 15.6. The molecule has 2 rings (SSSR count). The maximum Gasteiger partial charge on any atom is 0.332 e. The molecule has 0 aliphatic carbocycles. The van der Waals surface area contributed by atoms with E-state index in [1.165, 1.54) is 4.57 Å². The molecule has 0 spiro atoms. The molecule has 21 heavy (non-hydrogen) atoms. The van der Waals surface area contributed by atoms with Crippen molar-refractivity contribution in [2.45, 2.75) is 25.8 Å². The van der Waals surface area contributed by atoms with Crippen molar-refractivity contribution >= 4 is 5.97 Å². The average Bonchev–Trinajstić information content (AvgIpc) is 2.82. The first kappa shape index (κ1) is 15.1. The van der Waals surface area contributed by atoms with Crippen LogP contribution < -0.4 is 11.4 Å². The van der Waals surface area contributed by atoms with Gasteiger partial charge in [0.2, 0.25) is 0 Å². The number of hydrogen-bond donors (Lipinski definition) is 2. The molecule has 1 aromatic carbocycles. The van der Waals surface area contributed by atoms with Crippen molar-refractivity contribution in [1.82, 2.24) is 9.13 Å². The lowest BCUT2D eigenvalue weighted by molar-refractivity contribution is -0.138. The molecule has 0 aliphatic rings. The Morgan fingerprint density at radius 3 is 2.29 bits per heavy atom. The maximum atomic E-state index is 12.2. The van der Waals surface area contributed by atoms with Gasteiger partial charge < -0.3 is 10.8 Å². The van der Waals surface area contributed by atoms with Crippen LogP contribution >= 0.6 is 0 Å². The molecule has 0 saturated heterocycles. The minimum atomic E-state index is -0.951. The smallest absolute Gasteiger partial charge is 0.332 e. The van der Waals surface area contributed by atoms with Crippen LogP contribution in [0.4, 0.5) is 0 Å². The Labute approximate surface area is 122 Å². The summed E-state index contributed by atoms with van der Waals surface area (Å²) in [5, 5.41) is 9.08. The first-order valence-corrected chi connectivity index (χ1v) is 6.78. The van der Waals surface area contributed by atoms with E-state index in [1.807, 2.05) is 13.8 Å². The van der Waals surface area contributed by atoms with Gasteiger partial charge in [0.25, 0.3) is 0 Å². The number of nitrogens with zero attached hydrogens (tertiary/aromatic N) is 2. The molecular formula is C15H19N3O3. The summed E-state index contributed by atoms with van der Waals surface area (Å²) in [6.07, 6.45) is 3.44. The quantitative estimate of drug-likeness (QED) is 0.869. The fourth-order valence-electron chi connectivity index (χ4n) is 2.23. The summed E-state index contributed by atoms with van der Waals surface area (Å²) in [6.45, 7) is 3.92. The number of carboxylic acid groups (broad SMARTS) is 1. The molecule has 6 heteroatoms. The van der Waals surface area contributed by atoms with Crippen molar-refractivity contribution in [3.05, 3.63) is 52.7 Å². The maximum absolute atomic E-state index is 12.2. The highest BCUT2D eigenvalue weighted by molar-refractivity contribution is 5.76. The van der Waals surface area contributed by atoms with Crippen LogP contribution in [0, 0.1) is 0 Å². The largest absolute Gasteiger partial charge is 0.481 e.